The summed E-state index contributed by atoms with van der Waals surface area (Å²) in [5.41, 5.74) is 5.40. The molecule has 2 atom stereocenters. The minimum absolute atomic E-state index is 0.0398. The Morgan fingerprint density at radius 1 is 1.42 bits per heavy atom. The molecule has 1 heterocycles. The first kappa shape index (κ1) is 23.8. The molecule has 0 aromatic carbocycles. The Labute approximate surface area is 181 Å². The lowest BCUT2D eigenvalue weighted by atomic mass is 9.87. The highest BCUT2D eigenvalue weighted by molar-refractivity contribution is 5.99. The van der Waals surface area contributed by atoms with E-state index in [4.69, 9.17) is 9.84 Å². The second-order valence-electron chi connectivity index (χ2n) is 7.35. The molecule has 2 rings (SSSR count). The van der Waals surface area contributed by atoms with Crippen molar-refractivity contribution in [3.05, 3.63) is 53.0 Å². The lowest BCUT2D eigenvalue weighted by Gasteiger charge is -2.22. The Morgan fingerprint density at radius 3 is 2.84 bits per heavy atom. The highest BCUT2D eigenvalue weighted by Crippen LogP contribution is 2.30. The lowest BCUT2D eigenvalue weighted by Crippen LogP contribution is -2.36. The molecule has 2 N–H and O–H groups in total. The van der Waals surface area contributed by atoms with Crippen LogP contribution in [0.25, 0.3) is 0 Å². The van der Waals surface area contributed by atoms with Crippen LogP contribution in [0, 0.1) is 11.8 Å². The first-order valence-corrected chi connectivity index (χ1v) is 10.1. The molecule has 0 aromatic rings. The molecule has 1 aliphatic carbocycles. The van der Waals surface area contributed by atoms with Gasteiger partial charge in [0.15, 0.2) is 6.21 Å². The molecule has 1 unspecified atom stereocenters. The van der Waals surface area contributed by atoms with E-state index < -0.39 is 12.1 Å². The third-order valence-electron chi connectivity index (χ3n) is 4.64. The summed E-state index contributed by atoms with van der Waals surface area (Å²) in [6.07, 6.45) is 12.5. The van der Waals surface area contributed by atoms with Gasteiger partial charge in [0.1, 0.15) is 5.92 Å². The molecule has 8 heteroatoms. The number of nitrogens with zero attached hydrogens (tertiary/aromatic N) is 2. The molecular weight excluding hydrogens is 398 g/mol. The summed E-state index contributed by atoms with van der Waals surface area (Å²) >= 11 is 0. The van der Waals surface area contributed by atoms with Gasteiger partial charge < -0.3 is 15.2 Å². The van der Waals surface area contributed by atoms with Gasteiger partial charge in [-0.25, -0.2) is 4.79 Å². The van der Waals surface area contributed by atoms with Crippen molar-refractivity contribution in [2.24, 2.45) is 16.8 Å². The van der Waals surface area contributed by atoms with E-state index in [9.17, 15) is 14.4 Å². The predicted octanol–water partition coefficient (Wildman–Crippen LogP) is 2.98. The van der Waals surface area contributed by atoms with Crippen LogP contribution in [0.3, 0.4) is 0 Å². The second-order valence-corrected chi connectivity index (χ2v) is 7.35. The maximum Gasteiger partial charge on any atom is 0.438 e. The average Bonchev–Trinajstić information content (AvgIpc) is 2.69. The lowest BCUT2D eigenvalue weighted by molar-refractivity contribution is -0.517. The Morgan fingerprint density at radius 2 is 2.19 bits per heavy atom. The highest BCUT2D eigenvalue weighted by Gasteiger charge is 2.37. The summed E-state index contributed by atoms with van der Waals surface area (Å²) in [7, 11) is 0. The molecule has 0 saturated carbocycles. The van der Waals surface area contributed by atoms with E-state index in [0.29, 0.717) is 11.3 Å². The van der Waals surface area contributed by atoms with Crippen LogP contribution in [-0.2, 0) is 14.3 Å². The van der Waals surface area contributed by atoms with Gasteiger partial charge in [-0.2, -0.15) is 9.57 Å². The van der Waals surface area contributed by atoms with Gasteiger partial charge in [0.05, 0.1) is 6.42 Å². The maximum absolute atomic E-state index is 12.2. The first-order valence-electron chi connectivity index (χ1n) is 10.1. The molecule has 1 aliphatic heterocycles. The number of fused-ring (bicyclic) bond motifs is 1. The summed E-state index contributed by atoms with van der Waals surface area (Å²) in [5.74, 6) is -1.46. The molecule has 0 spiro atoms. The molecule has 2 amide bonds. The third kappa shape index (κ3) is 7.35. The topological polar surface area (TPSA) is 108 Å². The number of hydrogen-bond donors (Lipinski definition) is 2. The number of hydrogen-bond acceptors (Lipinski definition) is 4. The van der Waals surface area contributed by atoms with E-state index >= 15 is 0 Å². The van der Waals surface area contributed by atoms with Crippen LogP contribution in [0.1, 0.15) is 33.6 Å². The molecule has 0 saturated heterocycles. The number of carboxylic acid groups (broad SMARTS) is 1. The Bertz CT molecular complexity index is 946. The molecule has 0 radical (unpaired) electrons. The number of aliphatic carboxylic acids is 1. The summed E-state index contributed by atoms with van der Waals surface area (Å²) in [6.45, 7) is 5.98. The molecule has 0 fully saturated rings. The van der Waals surface area contributed by atoms with Gasteiger partial charge in [-0.3, -0.25) is 9.59 Å². The van der Waals surface area contributed by atoms with Crippen LogP contribution in [0.5, 0.6) is 0 Å². The van der Waals surface area contributed by atoms with E-state index in [-0.39, 0.29) is 37.4 Å². The van der Waals surface area contributed by atoms with Gasteiger partial charge in [0.25, 0.3) is 6.73 Å². The van der Waals surface area contributed by atoms with Gasteiger partial charge >= 0.3 is 12.1 Å². The number of amides is 2. The molecule has 31 heavy (non-hydrogen) atoms. The van der Waals surface area contributed by atoms with Crippen LogP contribution in [-0.4, -0.2) is 53.4 Å². The SMILES string of the molecule is C/C=C\C=C(/C)CC(C)C=NC(=O)OC[N+]1=CC=C(C(=O)NCCC(=O)O)[C@@H]2C=C=C21. The normalized spacial score (nSPS) is 18.6. The zero-order valence-electron chi connectivity index (χ0n) is 18.0. The Hall–Kier alpha value is -3.51. The van der Waals surface area contributed by atoms with Crippen molar-refractivity contribution < 1.29 is 28.8 Å². The van der Waals surface area contributed by atoms with Crippen molar-refractivity contribution >= 4 is 30.4 Å². The van der Waals surface area contributed by atoms with Crippen molar-refractivity contribution in [2.75, 3.05) is 13.3 Å². The maximum atomic E-state index is 12.2. The zero-order valence-corrected chi connectivity index (χ0v) is 18.0. The fraction of sp³-hybridized carbons (Fsp3) is 0.391. The van der Waals surface area contributed by atoms with E-state index in [0.717, 1.165) is 6.42 Å². The fourth-order valence-corrected chi connectivity index (χ4v) is 3.05. The third-order valence-corrected chi connectivity index (χ3v) is 4.64. The number of aliphatic imine (C=N–C) groups is 1. The van der Waals surface area contributed by atoms with Crippen molar-refractivity contribution in [1.82, 2.24) is 5.32 Å². The average molecular weight is 426 g/mol. The van der Waals surface area contributed by atoms with Gasteiger partial charge in [0, 0.05) is 24.4 Å². The quantitative estimate of drug-likeness (QED) is 0.242. The largest absolute Gasteiger partial charge is 0.481 e. The fourth-order valence-electron chi connectivity index (χ4n) is 3.05. The molecule has 8 nitrogen and oxygen atoms in total. The van der Waals surface area contributed by atoms with Crippen LogP contribution >= 0.6 is 0 Å². The van der Waals surface area contributed by atoms with Crippen molar-refractivity contribution in [2.45, 2.75) is 33.6 Å². The number of nitrogens with one attached hydrogen (secondary N) is 1. The zero-order chi connectivity index (χ0) is 22.8. The molecule has 2 aliphatic rings. The molecular formula is C23H28N3O5+. The summed E-state index contributed by atoms with van der Waals surface area (Å²) in [6, 6.07) is 0. The number of carbonyl (C=O) groups is 3. The number of rotatable bonds is 10. The Balaban J connectivity index is 1.86. The number of carboxylic acids is 1. The summed E-state index contributed by atoms with van der Waals surface area (Å²) in [5, 5.41) is 11.2. The number of carbonyl (C=O) groups excluding carboxylic acids is 2. The van der Waals surface area contributed by atoms with Gasteiger partial charge in [0.2, 0.25) is 11.6 Å². The van der Waals surface area contributed by atoms with Crippen molar-refractivity contribution in [3.8, 4) is 0 Å². The van der Waals surface area contributed by atoms with Crippen LogP contribution in [0.2, 0.25) is 0 Å². The Kier molecular flexibility index (Phi) is 8.91. The van der Waals surface area contributed by atoms with Crippen LogP contribution in [0.4, 0.5) is 4.79 Å². The van der Waals surface area contributed by atoms with Crippen molar-refractivity contribution in [1.29, 1.82) is 0 Å². The van der Waals surface area contributed by atoms with Crippen LogP contribution < -0.4 is 5.32 Å². The van der Waals surface area contributed by atoms with Gasteiger partial charge in [-0.15, -0.1) is 0 Å². The monoisotopic (exact) mass is 426 g/mol. The summed E-state index contributed by atoms with van der Waals surface area (Å²) < 4.78 is 6.88. The number of ether oxygens (including phenoxy) is 1. The van der Waals surface area contributed by atoms with E-state index in [1.807, 2.05) is 39.0 Å². The molecule has 0 bridgehead atoms. The predicted molar refractivity (Wildman–Crippen MR) is 117 cm³/mol. The highest BCUT2D eigenvalue weighted by atomic mass is 16.6. The van der Waals surface area contributed by atoms with E-state index in [1.54, 1.807) is 29.2 Å². The minimum Gasteiger partial charge on any atom is -0.481 e. The van der Waals surface area contributed by atoms with Gasteiger partial charge in [-0.1, -0.05) is 36.5 Å². The van der Waals surface area contributed by atoms with E-state index in [2.05, 4.69) is 16.0 Å². The minimum atomic E-state index is -0.973. The molecule has 0 aromatic heterocycles. The van der Waals surface area contributed by atoms with Crippen LogP contribution in [0.15, 0.2) is 57.9 Å². The second kappa shape index (κ2) is 11.6. The van der Waals surface area contributed by atoms with E-state index in [1.165, 1.54) is 5.57 Å². The van der Waals surface area contributed by atoms with Crippen molar-refractivity contribution in [3.63, 3.8) is 0 Å². The standard InChI is InChI=1S/C23H27N3O5/c1-4-5-6-16(2)13-17(3)14-25-23(30)31-15-26-12-10-19(18-7-8-20(18)26)22(29)24-11-9-21(27)28/h4-7,10,12,14,17-18H,9,11,13,15H2,1-3H3,(H-,24,27,28,29)/p+1/b5-4-,16-6+,25-14?/t17?,18-/m0/s1. The number of allylic oxidation sites excluding steroid dienone is 5. The smallest absolute Gasteiger partial charge is 0.438 e. The first-order chi connectivity index (χ1) is 14.8. The van der Waals surface area contributed by atoms with Gasteiger partial charge in [-0.05, 0) is 32.3 Å². The summed E-state index contributed by atoms with van der Waals surface area (Å²) in [4.78, 5) is 38.6. The molecule has 164 valence electrons.